The number of piperidine rings is 1. The third-order valence-electron chi connectivity index (χ3n) is 4.56. The third kappa shape index (κ3) is 7.53. The van der Waals surface area contributed by atoms with E-state index in [4.69, 9.17) is 4.42 Å². The Morgan fingerprint density at radius 3 is 2.86 bits per heavy atom. The van der Waals surface area contributed by atoms with Gasteiger partial charge in [-0.15, -0.1) is 24.0 Å². The van der Waals surface area contributed by atoms with Crippen LogP contribution in [-0.2, 0) is 6.42 Å². The van der Waals surface area contributed by atoms with Gasteiger partial charge in [-0.05, 0) is 31.9 Å². The van der Waals surface area contributed by atoms with E-state index in [-0.39, 0.29) is 36.6 Å². The molecule has 8 nitrogen and oxygen atoms in total. The number of aromatic amines is 1. The lowest BCUT2D eigenvalue weighted by molar-refractivity contribution is 0.0744. The summed E-state index contributed by atoms with van der Waals surface area (Å²) in [7, 11) is 0. The number of aliphatic imine (C=N–C) groups is 1. The maximum atomic E-state index is 12.5. The predicted octanol–water partition coefficient (Wildman–Crippen LogP) is 2.51. The van der Waals surface area contributed by atoms with Crippen LogP contribution in [0, 0.1) is 0 Å². The van der Waals surface area contributed by atoms with Crippen molar-refractivity contribution >= 4 is 29.9 Å². The van der Waals surface area contributed by atoms with Crippen LogP contribution < -0.4 is 10.6 Å². The second-order valence-corrected chi connectivity index (χ2v) is 6.70. The summed E-state index contributed by atoms with van der Waals surface area (Å²) in [6.07, 6.45) is 1.59. The van der Waals surface area contributed by atoms with Crippen LogP contribution in [0.4, 0.5) is 8.78 Å². The number of aromatic nitrogens is 3. The zero-order valence-corrected chi connectivity index (χ0v) is 18.7. The van der Waals surface area contributed by atoms with Crippen LogP contribution in [0.3, 0.4) is 0 Å². The van der Waals surface area contributed by atoms with Crippen LogP contribution in [0.2, 0.25) is 0 Å². The molecule has 0 bridgehead atoms. The highest BCUT2D eigenvalue weighted by Crippen LogP contribution is 2.14. The molecule has 0 amide bonds. The maximum Gasteiger partial charge on any atom is 0.251 e. The van der Waals surface area contributed by atoms with Gasteiger partial charge in [-0.3, -0.25) is 15.0 Å². The Kier molecular flexibility index (Phi) is 9.78. The normalized spacial score (nSPS) is 16.1. The minimum Gasteiger partial charge on any atom is -0.461 e. The van der Waals surface area contributed by atoms with E-state index in [1.54, 1.807) is 12.3 Å². The Morgan fingerprint density at radius 2 is 2.21 bits per heavy atom. The summed E-state index contributed by atoms with van der Waals surface area (Å²) in [6.45, 7) is 4.52. The van der Waals surface area contributed by atoms with E-state index in [0.717, 1.165) is 31.2 Å². The van der Waals surface area contributed by atoms with E-state index in [9.17, 15) is 8.78 Å². The standard InChI is InChI=1S/C18H27F2N7O.HI/c1-2-21-18(23-13-6-9-27(10-7-13)12-15(19)20)22-8-5-16-24-17(26-25-16)14-4-3-11-28-14;/h3-4,11,13,15H,2,5-10,12H2,1H3,(H2,21,22,23)(H,24,25,26);1H. The van der Waals surface area contributed by atoms with E-state index >= 15 is 0 Å². The lowest BCUT2D eigenvalue weighted by Gasteiger charge is -2.32. The maximum absolute atomic E-state index is 12.5. The van der Waals surface area contributed by atoms with Crippen molar-refractivity contribution in [3.8, 4) is 11.6 Å². The van der Waals surface area contributed by atoms with Gasteiger partial charge in [0.1, 0.15) is 5.82 Å². The van der Waals surface area contributed by atoms with Gasteiger partial charge in [-0.1, -0.05) is 0 Å². The molecule has 3 rings (SSSR count). The third-order valence-corrected chi connectivity index (χ3v) is 4.56. The Morgan fingerprint density at radius 1 is 1.41 bits per heavy atom. The van der Waals surface area contributed by atoms with Gasteiger partial charge in [0.2, 0.25) is 5.82 Å². The van der Waals surface area contributed by atoms with Gasteiger partial charge in [-0.2, -0.15) is 5.10 Å². The van der Waals surface area contributed by atoms with E-state index in [1.165, 1.54) is 0 Å². The zero-order valence-electron chi connectivity index (χ0n) is 16.4. The molecule has 0 radical (unpaired) electrons. The van der Waals surface area contributed by atoms with Crippen molar-refractivity contribution < 1.29 is 13.2 Å². The molecule has 11 heteroatoms. The van der Waals surface area contributed by atoms with E-state index < -0.39 is 6.43 Å². The van der Waals surface area contributed by atoms with Crippen LogP contribution in [0.25, 0.3) is 11.6 Å². The highest BCUT2D eigenvalue weighted by molar-refractivity contribution is 14.0. The molecule has 0 aromatic carbocycles. The highest BCUT2D eigenvalue weighted by atomic mass is 127. The van der Waals surface area contributed by atoms with Crippen molar-refractivity contribution in [2.75, 3.05) is 32.7 Å². The number of nitrogens with zero attached hydrogens (tertiary/aromatic N) is 4. The number of likely N-dealkylation sites (tertiary alicyclic amines) is 1. The van der Waals surface area contributed by atoms with E-state index in [0.29, 0.717) is 37.6 Å². The summed E-state index contributed by atoms with van der Waals surface area (Å²) in [5, 5.41) is 13.7. The molecule has 0 saturated carbocycles. The summed E-state index contributed by atoms with van der Waals surface area (Å²) in [4.78, 5) is 10.8. The molecule has 162 valence electrons. The molecule has 0 aliphatic carbocycles. The smallest absolute Gasteiger partial charge is 0.251 e. The molecular weight excluding hydrogens is 495 g/mol. The quantitative estimate of drug-likeness (QED) is 0.280. The van der Waals surface area contributed by atoms with E-state index in [1.807, 2.05) is 17.9 Å². The number of alkyl halides is 2. The van der Waals surface area contributed by atoms with Gasteiger partial charge in [0.25, 0.3) is 6.43 Å². The summed E-state index contributed by atoms with van der Waals surface area (Å²) in [6, 6.07) is 3.84. The topological polar surface area (TPSA) is 94.4 Å². The fourth-order valence-corrected chi connectivity index (χ4v) is 3.17. The average Bonchev–Trinajstić information content (AvgIpc) is 3.34. The number of nitrogens with one attached hydrogen (secondary N) is 3. The van der Waals surface area contributed by atoms with Crippen LogP contribution in [-0.4, -0.2) is 71.2 Å². The molecule has 3 N–H and O–H groups in total. The summed E-state index contributed by atoms with van der Waals surface area (Å²) in [5.41, 5.74) is 0. The van der Waals surface area contributed by atoms with Gasteiger partial charge in [-0.25, -0.2) is 13.8 Å². The van der Waals surface area contributed by atoms with Gasteiger partial charge >= 0.3 is 0 Å². The summed E-state index contributed by atoms with van der Waals surface area (Å²) < 4.78 is 30.3. The molecule has 29 heavy (non-hydrogen) atoms. The first-order chi connectivity index (χ1) is 13.6. The second kappa shape index (κ2) is 12.1. The molecule has 0 spiro atoms. The lowest BCUT2D eigenvalue weighted by atomic mass is 10.1. The Labute approximate surface area is 186 Å². The monoisotopic (exact) mass is 523 g/mol. The first kappa shape index (κ1) is 23.5. The molecule has 0 atom stereocenters. The number of guanidine groups is 1. The van der Waals surface area contributed by atoms with E-state index in [2.05, 4.69) is 30.8 Å². The molecule has 2 aromatic heterocycles. The van der Waals surface area contributed by atoms with Crippen molar-refractivity contribution in [3.63, 3.8) is 0 Å². The number of hydrogen-bond donors (Lipinski definition) is 3. The number of rotatable bonds is 8. The van der Waals surface area contributed by atoms with Gasteiger partial charge in [0.15, 0.2) is 11.7 Å². The van der Waals surface area contributed by atoms with Crippen LogP contribution >= 0.6 is 24.0 Å². The van der Waals surface area contributed by atoms with Crippen LogP contribution in [0.1, 0.15) is 25.6 Å². The first-order valence-electron chi connectivity index (χ1n) is 9.64. The van der Waals surface area contributed by atoms with Gasteiger partial charge < -0.3 is 15.1 Å². The van der Waals surface area contributed by atoms with Crippen LogP contribution in [0.5, 0.6) is 0 Å². The fourth-order valence-electron chi connectivity index (χ4n) is 3.17. The summed E-state index contributed by atoms with van der Waals surface area (Å²) >= 11 is 0. The second-order valence-electron chi connectivity index (χ2n) is 6.70. The minimum absolute atomic E-state index is 0. The van der Waals surface area contributed by atoms with Crippen molar-refractivity contribution in [3.05, 3.63) is 24.2 Å². The number of H-pyrrole nitrogens is 1. The van der Waals surface area contributed by atoms with Crippen LogP contribution in [0.15, 0.2) is 27.8 Å². The number of halogens is 3. The van der Waals surface area contributed by atoms with Crippen molar-refractivity contribution in [1.29, 1.82) is 0 Å². The lowest BCUT2D eigenvalue weighted by Crippen LogP contribution is -2.49. The molecule has 0 unspecified atom stereocenters. The van der Waals surface area contributed by atoms with Crippen molar-refractivity contribution in [1.82, 2.24) is 30.7 Å². The Hall–Kier alpha value is -1.76. The number of furan rings is 1. The van der Waals surface area contributed by atoms with Gasteiger partial charge in [0, 0.05) is 38.6 Å². The Balaban J connectivity index is 0.00000300. The molecule has 1 saturated heterocycles. The van der Waals surface area contributed by atoms with Crippen molar-refractivity contribution in [2.45, 2.75) is 38.7 Å². The van der Waals surface area contributed by atoms with Crippen molar-refractivity contribution in [2.24, 2.45) is 4.99 Å². The number of hydrogen-bond acceptors (Lipinski definition) is 5. The Bertz CT molecular complexity index is 730. The van der Waals surface area contributed by atoms with Gasteiger partial charge in [0.05, 0.1) is 12.8 Å². The molecule has 1 aliphatic heterocycles. The predicted molar refractivity (Wildman–Crippen MR) is 118 cm³/mol. The largest absolute Gasteiger partial charge is 0.461 e. The molecule has 3 heterocycles. The molecular formula is C18H28F2IN7O. The average molecular weight is 523 g/mol. The summed E-state index contributed by atoms with van der Waals surface area (Å²) in [5.74, 6) is 2.63. The fraction of sp³-hybridized carbons (Fsp3) is 0.611. The SMILES string of the molecule is CCNC(=NCCc1nc(-c2ccco2)n[nH]1)NC1CCN(CC(F)F)CC1.I. The highest BCUT2D eigenvalue weighted by Gasteiger charge is 2.21. The minimum atomic E-state index is -2.27. The first-order valence-corrected chi connectivity index (χ1v) is 9.64. The molecule has 2 aromatic rings. The molecule has 1 aliphatic rings. The zero-order chi connectivity index (χ0) is 19.8. The molecule has 1 fully saturated rings.